The quantitative estimate of drug-likeness (QED) is 0.697. The largest absolute Gasteiger partial charge is 0.348 e. The summed E-state index contributed by atoms with van der Waals surface area (Å²) in [6, 6.07) is 10.2. The zero-order valence-corrected chi connectivity index (χ0v) is 12.1. The van der Waals surface area contributed by atoms with Crippen LogP contribution in [0.25, 0.3) is 0 Å². The molecule has 4 heteroatoms. The van der Waals surface area contributed by atoms with Crippen LogP contribution in [0.15, 0.2) is 30.3 Å². The van der Waals surface area contributed by atoms with Gasteiger partial charge in [0, 0.05) is 19.5 Å². The van der Waals surface area contributed by atoms with Crippen LogP contribution in [0.5, 0.6) is 0 Å². The maximum absolute atomic E-state index is 11.9. The third-order valence-corrected chi connectivity index (χ3v) is 2.86. The van der Waals surface area contributed by atoms with Gasteiger partial charge in [-0.1, -0.05) is 37.3 Å². The zero-order chi connectivity index (χ0) is 14.1. The van der Waals surface area contributed by atoms with Crippen LogP contribution >= 0.6 is 0 Å². The molecule has 0 saturated heterocycles. The Morgan fingerprint density at radius 1 is 1.26 bits per heavy atom. The normalized spacial score (nSPS) is 12.4. The molecule has 1 aromatic carbocycles. The van der Waals surface area contributed by atoms with Crippen LogP contribution in [-0.4, -0.2) is 44.5 Å². The van der Waals surface area contributed by atoms with Gasteiger partial charge in [-0.2, -0.15) is 0 Å². The second-order valence-electron chi connectivity index (χ2n) is 4.90. The van der Waals surface area contributed by atoms with E-state index in [1.807, 2.05) is 39.2 Å². The number of benzene rings is 1. The van der Waals surface area contributed by atoms with E-state index in [1.165, 1.54) is 0 Å². The molecule has 1 amide bonds. The summed E-state index contributed by atoms with van der Waals surface area (Å²) in [4.78, 5) is 14.0. The van der Waals surface area contributed by atoms with Gasteiger partial charge >= 0.3 is 0 Å². The fourth-order valence-corrected chi connectivity index (χ4v) is 1.93. The van der Waals surface area contributed by atoms with Crippen LogP contribution in [-0.2, 0) is 4.79 Å². The summed E-state index contributed by atoms with van der Waals surface area (Å²) >= 11 is 0. The number of carbonyl (C=O) groups is 1. The highest BCUT2D eigenvalue weighted by Crippen LogP contribution is 2.13. The highest BCUT2D eigenvalue weighted by atomic mass is 16.1. The van der Waals surface area contributed by atoms with Crippen molar-refractivity contribution in [3.63, 3.8) is 0 Å². The molecule has 4 nitrogen and oxygen atoms in total. The Hall–Kier alpha value is -1.39. The minimum atomic E-state index is 0.0466. The molecule has 0 aliphatic rings. The summed E-state index contributed by atoms with van der Waals surface area (Å²) in [5.41, 5.74) is 1.15. The van der Waals surface area contributed by atoms with Gasteiger partial charge in [0.2, 0.25) is 5.91 Å². The predicted octanol–water partition coefficient (Wildman–Crippen LogP) is 1.41. The van der Waals surface area contributed by atoms with Gasteiger partial charge < -0.3 is 15.5 Å². The van der Waals surface area contributed by atoms with Crippen LogP contribution < -0.4 is 10.6 Å². The van der Waals surface area contributed by atoms with Crippen molar-refractivity contribution >= 4 is 5.91 Å². The molecule has 0 spiro atoms. The number of hydrogen-bond donors (Lipinski definition) is 2. The Morgan fingerprint density at radius 2 is 1.95 bits per heavy atom. The van der Waals surface area contributed by atoms with Crippen molar-refractivity contribution in [2.45, 2.75) is 19.4 Å². The van der Waals surface area contributed by atoms with Gasteiger partial charge in [-0.3, -0.25) is 4.79 Å². The standard InChI is InChI=1S/C15H25N3O/c1-4-16-11-10-15(19)17-14(12-18(2)3)13-8-6-5-7-9-13/h5-9,14,16H,4,10-12H2,1-3H3,(H,17,19). The summed E-state index contributed by atoms with van der Waals surface area (Å²) in [5, 5.41) is 6.26. The average Bonchev–Trinajstić information content (AvgIpc) is 2.39. The fourth-order valence-electron chi connectivity index (χ4n) is 1.93. The molecule has 19 heavy (non-hydrogen) atoms. The molecule has 0 aromatic heterocycles. The number of amides is 1. The molecule has 0 fully saturated rings. The van der Waals surface area contributed by atoms with E-state index in [2.05, 4.69) is 27.7 Å². The predicted molar refractivity (Wildman–Crippen MR) is 79.0 cm³/mol. The van der Waals surface area contributed by atoms with Crippen LogP contribution in [0.2, 0.25) is 0 Å². The maximum atomic E-state index is 11.9. The Morgan fingerprint density at radius 3 is 2.53 bits per heavy atom. The highest BCUT2D eigenvalue weighted by Gasteiger charge is 2.14. The summed E-state index contributed by atoms with van der Waals surface area (Å²) < 4.78 is 0. The molecule has 0 heterocycles. The van der Waals surface area contributed by atoms with Crippen LogP contribution in [0.3, 0.4) is 0 Å². The fraction of sp³-hybridized carbons (Fsp3) is 0.533. The lowest BCUT2D eigenvalue weighted by molar-refractivity contribution is -0.121. The van der Waals surface area contributed by atoms with Gasteiger partial charge in [0.25, 0.3) is 0 Å². The van der Waals surface area contributed by atoms with Crippen molar-refractivity contribution in [2.75, 3.05) is 33.7 Å². The lowest BCUT2D eigenvalue weighted by Crippen LogP contribution is -2.36. The van der Waals surface area contributed by atoms with Crippen molar-refractivity contribution in [1.82, 2.24) is 15.5 Å². The second-order valence-corrected chi connectivity index (χ2v) is 4.90. The molecule has 0 aliphatic carbocycles. The third-order valence-electron chi connectivity index (χ3n) is 2.86. The van der Waals surface area contributed by atoms with Gasteiger partial charge in [0.1, 0.15) is 0 Å². The molecule has 106 valence electrons. The molecule has 1 unspecified atom stereocenters. The Balaban J connectivity index is 2.57. The molecule has 0 aliphatic heterocycles. The number of nitrogens with zero attached hydrogens (tertiary/aromatic N) is 1. The summed E-state index contributed by atoms with van der Waals surface area (Å²) in [5.74, 6) is 0.0941. The lowest BCUT2D eigenvalue weighted by Gasteiger charge is -2.23. The van der Waals surface area contributed by atoms with Crippen LogP contribution in [0.4, 0.5) is 0 Å². The molecule has 0 saturated carbocycles. The summed E-state index contributed by atoms with van der Waals surface area (Å²) in [6.07, 6.45) is 0.518. The van der Waals surface area contributed by atoms with E-state index in [1.54, 1.807) is 0 Å². The topological polar surface area (TPSA) is 44.4 Å². The van der Waals surface area contributed by atoms with Crippen molar-refractivity contribution in [3.05, 3.63) is 35.9 Å². The van der Waals surface area contributed by atoms with Crippen LogP contribution in [0, 0.1) is 0 Å². The summed E-state index contributed by atoms with van der Waals surface area (Å²) in [6.45, 7) is 4.46. The maximum Gasteiger partial charge on any atom is 0.221 e. The van der Waals surface area contributed by atoms with Gasteiger partial charge in [-0.05, 0) is 26.2 Å². The highest BCUT2D eigenvalue weighted by molar-refractivity contribution is 5.76. The molecule has 1 aromatic rings. The number of carbonyl (C=O) groups excluding carboxylic acids is 1. The van der Waals surface area contributed by atoms with Crippen molar-refractivity contribution in [3.8, 4) is 0 Å². The number of nitrogens with one attached hydrogen (secondary N) is 2. The Bertz CT molecular complexity index is 365. The Kier molecular flexibility index (Phi) is 7.15. The van der Waals surface area contributed by atoms with E-state index in [-0.39, 0.29) is 11.9 Å². The van der Waals surface area contributed by atoms with Gasteiger partial charge in [-0.25, -0.2) is 0 Å². The molecule has 0 radical (unpaired) electrons. The van der Waals surface area contributed by atoms with E-state index in [0.717, 1.165) is 25.2 Å². The minimum absolute atomic E-state index is 0.0466. The van der Waals surface area contributed by atoms with Crippen molar-refractivity contribution in [2.24, 2.45) is 0 Å². The van der Waals surface area contributed by atoms with E-state index in [9.17, 15) is 4.79 Å². The molecular weight excluding hydrogens is 238 g/mol. The van der Waals surface area contributed by atoms with Gasteiger partial charge in [0.15, 0.2) is 0 Å². The first-order valence-electron chi connectivity index (χ1n) is 6.83. The third kappa shape index (κ3) is 6.36. The zero-order valence-electron chi connectivity index (χ0n) is 12.1. The first kappa shape index (κ1) is 15.7. The number of rotatable bonds is 8. The van der Waals surface area contributed by atoms with Crippen molar-refractivity contribution < 1.29 is 4.79 Å². The average molecular weight is 263 g/mol. The first-order chi connectivity index (χ1) is 9.13. The molecule has 2 N–H and O–H groups in total. The Labute approximate surface area is 116 Å². The minimum Gasteiger partial charge on any atom is -0.348 e. The molecule has 1 rings (SSSR count). The first-order valence-corrected chi connectivity index (χ1v) is 6.83. The smallest absolute Gasteiger partial charge is 0.221 e. The van der Waals surface area contributed by atoms with Gasteiger partial charge in [-0.15, -0.1) is 0 Å². The van der Waals surface area contributed by atoms with Gasteiger partial charge in [0.05, 0.1) is 6.04 Å². The SMILES string of the molecule is CCNCCC(=O)NC(CN(C)C)c1ccccc1. The monoisotopic (exact) mass is 263 g/mol. The number of likely N-dealkylation sites (N-methyl/N-ethyl adjacent to an activating group) is 1. The van der Waals surface area contributed by atoms with E-state index in [4.69, 9.17) is 0 Å². The molecular formula is C15H25N3O. The van der Waals surface area contributed by atoms with E-state index >= 15 is 0 Å². The van der Waals surface area contributed by atoms with Crippen molar-refractivity contribution in [1.29, 1.82) is 0 Å². The lowest BCUT2D eigenvalue weighted by atomic mass is 10.1. The molecule has 1 atom stereocenters. The van der Waals surface area contributed by atoms with E-state index < -0.39 is 0 Å². The van der Waals surface area contributed by atoms with E-state index in [0.29, 0.717) is 6.42 Å². The van der Waals surface area contributed by atoms with Crippen LogP contribution in [0.1, 0.15) is 24.9 Å². The number of hydrogen-bond acceptors (Lipinski definition) is 3. The second kappa shape index (κ2) is 8.67. The summed E-state index contributed by atoms with van der Waals surface area (Å²) in [7, 11) is 4.03. The molecule has 0 bridgehead atoms.